The zero-order valence-electron chi connectivity index (χ0n) is 12.9. The monoisotopic (exact) mass is 303 g/mol. The minimum atomic E-state index is 0.584. The van der Waals surface area contributed by atoms with Gasteiger partial charge in [-0.3, -0.25) is 0 Å². The van der Waals surface area contributed by atoms with Crippen LogP contribution in [0, 0.1) is 13.8 Å². The van der Waals surface area contributed by atoms with Gasteiger partial charge in [-0.1, -0.05) is 35.9 Å². The van der Waals surface area contributed by atoms with E-state index in [0.717, 1.165) is 34.9 Å². The van der Waals surface area contributed by atoms with Crippen molar-refractivity contribution in [1.82, 2.24) is 5.32 Å². The van der Waals surface area contributed by atoms with Crippen LogP contribution >= 0.6 is 11.6 Å². The Morgan fingerprint density at radius 3 is 2.29 bits per heavy atom. The van der Waals surface area contributed by atoms with Gasteiger partial charge in [-0.05, 0) is 68.2 Å². The van der Waals surface area contributed by atoms with Crippen LogP contribution in [0.4, 0.5) is 0 Å². The van der Waals surface area contributed by atoms with E-state index in [9.17, 15) is 0 Å². The van der Waals surface area contributed by atoms with Crippen molar-refractivity contribution in [3.05, 3.63) is 63.7 Å². The average molecular weight is 304 g/mol. The highest BCUT2D eigenvalue weighted by Crippen LogP contribution is 2.26. The minimum absolute atomic E-state index is 0.584. The van der Waals surface area contributed by atoms with Gasteiger partial charge in [-0.15, -0.1) is 0 Å². The zero-order chi connectivity index (χ0) is 15.2. The summed E-state index contributed by atoms with van der Waals surface area (Å²) in [6.07, 6.45) is 1.01. The van der Waals surface area contributed by atoms with Gasteiger partial charge in [0.25, 0.3) is 0 Å². The first-order valence-corrected chi connectivity index (χ1v) is 7.60. The molecule has 1 N–H and O–H groups in total. The molecule has 0 heterocycles. The van der Waals surface area contributed by atoms with E-state index >= 15 is 0 Å². The summed E-state index contributed by atoms with van der Waals surface area (Å²) < 4.78 is 5.95. The van der Waals surface area contributed by atoms with Crippen LogP contribution in [0.15, 0.2) is 36.4 Å². The molecule has 2 aromatic carbocycles. The summed E-state index contributed by atoms with van der Waals surface area (Å²) in [6, 6.07) is 12.4. The first kappa shape index (κ1) is 15.9. The summed E-state index contributed by atoms with van der Waals surface area (Å²) >= 11 is 6.19. The number of rotatable bonds is 6. The van der Waals surface area contributed by atoms with Crippen LogP contribution < -0.4 is 10.1 Å². The Labute approximate surface area is 132 Å². The highest BCUT2D eigenvalue weighted by Gasteiger charge is 2.06. The minimum Gasteiger partial charge on any atom is -0.489 e. The van der Waals surface area contributed by atoms with Gasteiger partial charge in [-0.25, -0.2) is 0 Å². The molecule has 0 spiro atoms. The standard InChI is InChI=1S/C18H22ClNO/c1-13-10-17(11-14(2)18(13)19)21-12-16-7-5-4-6-15(16)8-9-20-3/h4-7,10-11,20H,8-9,12H2,1-3H3. The quantitative estimate of drug-likeness (QED) is 0.859. The van der Waals surface area contributed by atoms with E-state index in [0.29, 0.717) is 6.61 Å². The van der Waals surface area contributed by atoms with E-state index in [-0.39, 0.29) is 0 Å². The molecule has 0 bridgehead atoms. The third-order valence-electron chi connectivity index (χ3n) is 3.57. The second-order valence-electron chi connectivity index (χ2n) is 5.28. The van der Waals surface area contributed by atoms with Gasteiger partial charge < -0.3 is 10.1 Å². The van der Waals surface area contributed by atoms with Crippen molar-refractivity contribution >= 4 is 11.6 Å². The molecule has 0 aliphatic carbocycles. The molecule has 0 atom stereocenters. The van der Waals surface area contributed by atoms with Crippen LogP contribution in [0.1, 0.15) is 22.3 Å². The molecule has 0 aliphatic heterocycles. The summed E-state index contributed by atoms with van der Waals surface area (Å²) in [5.41, 5.74) is 4.66. The molecule has 2 rings (SSSR count). The molecule has 0 fully saturated rings. The van der Waals surface area contributed by atoms with Gasteiger partial charge in [0.2, 0.25) is 0 Å². The molecule has 2 nitrogen and oxygen atoms in total. The van der Waals surface area contributed by atoms with Crippen molar-refractivity contribution in [3.8, 4) is 5.75 Å². The van der Waals surface area contributed by atoms with Crippen LogP contribution in [-0.2, 0) is 13.0 Å². The van der Waals surface area contributed by atoms with Crippen molar-refractivity contribution in [3.63, 3.8) is 0 Å². The average Bonchev–Trinajstić information content (AvgIpc) is 2.49. The molecule has 0 amide bonds. The molecule has 3 heteroatoms. The Kier molecular flexibility index (Phi) is 5.66. The summed E-state index contributed by atoms with van der Waals surface area (Å²) in [5, 5.41) is 4.00. The Morgan fingerprint density at radius 2 is 1.67 bits per heavy atom. The molecular weight excluding hydrogens is 282 g/mol. The Morgan fingerprint density at radius 1 is 1.05 bits per heavy atom. The van der Waals surface area contributed by atoms with E-state index in [4.69, 9.17) is 16.3 Å². The first-order valence-electron chi connectivity index (χ1n) is 7.22. The molecule has 2 aromatic rings. The lowest BCUT2D eigenvalue weighted by molar-refractivity contribution is 0.304. The lowest BCUT2D eigenvalue weighted by Gasteiger charge is -2.13. The van der Waals surface area contributed by atoms with Crippen LogP contribution in [-0.4, -0.2) is 13.6 Å². The maximum absolute atomic E-state index is 6.19. The Balaban J connectivity index is 2.09. The van der Waals surface area contributed by atoms with E-state index in [1.54, 1.807) is 0 Å². The number of benzene rings is 2. The summed E-state index contributed by atoms with van der Waals surface area (Å²) in [4.78, 5) is 0. The van der Waals surface area contributed by atoms with Gasteiger partial charge in [0.1, 0.15) is 12.4 Å². The normalized spacial score (nSPS) is 10.7. The van der Waals surface area contributed by atoms with E-state index < -0.39 is 0 Å². The van der Waals surface area contributed by atoms with Crippen molar-refractivity contribution in [2.45, 2.75) is 26.9 Å². The fourth-order valence-electron chi connectivity index (χ4n) is 2.35. The third kappa shape index (κ3) is 4.23. The van der Waals surface area contributed by atoms with Gasteiger partial charge >= 0.3 is 0 Å². The molecule has 0 saturated carbocycles. The molecule has 0 aromatic heterocycles. The number of halogens is 1. The highest BCUT2D eigenvalue weighted by atomic mass is 35.5. The molecule has 21 heavy (non-hydrogen) atoms. The van der Waals surface area contributed by atoms with E-state index in [2.05, 4.69) is 29.6 Å². The molecule has 0 aliphatic rings. The smallest absolute Gasteiger partial charge is 0.120 e. The largest absolute Gasteiger partial charge is 0.489 e. The number of hydrogen-bond acceptors (Lipinski definition) is 2. The van der Waals surface area contributed by atoms with Crippen molar-refractivity contribution in [2.24, 2.45) is 0 Å². The van der Waals surface area contributed by atoms with Crippen LogP contribution in [0.2, 0.25) is 5.02 Å². The highest BCUT2D eigenvalue weighted by molar-refractivity contribution is 6.32. The molecule has 0 unspecified atom stereocenters. The molecular formula is C18H22ClNO. The lowest BCUT2D eigenvalue weighted by Crippen LogP contribution is -2.12. The van der Waals surface area contributed by atoms with Gasteiger partial charge in [0, 0.05) is 5.02 Å². The van der Waals surface area contributed by atoms with Crippen LogP contribution in [0.3, 0.4) is 0 Å². The molecule has 0 radical (unpaired) electrons. The lowest BCUT2D eigenvalue weighted by atomic mass is 10.1. The molecule has 0 saturated heterocycles. The number of nitrogens with one attached hydrogen (secondary N) is 1. The van der Waals surface area contributed by atoms with E-state index in [1.165, 1.54) is 11.1 Å². The van der Waals surface area contributed by atoms with Gasteiger partial charge in [0.05, 0.1) is 0 Å². The summed E-state index contributed by atoms with van der Waals surface area (Å²) in [6.45, 7) is 5.56. The second kappa shape index (κ2) is 7.48. The predicted octanol–water partition coefficient (Wildman–Crippen LogP) is 4.30. The SMILES string of the molecule is CNCCc1ccccc1COc1cc(C)c(Cl)c(C)c1. The Bertz CT molecular complexity index is 587. The van der Waals surface area contributed by atoms with Crippen molar-refractivity contribution in [2.75, 3.05) is 13.6 Å². The summed E-state index contributed by atoms with van der Waals surface area (Å²) in [7, 11) is 1.97. The number of likely N-dealkylation sites (N-methyl/N-ethyl adjacent to an activating group) is 1. The first-order chi connectivity index (χ1) is 10.1. The van der Waals surface area contributed by atoms with Crippen LogP contribution in [0.5, 0.6) is 5.75 Å². The summed E-state index contributed by atoms with van der Waals surface area (Å²) in [5.74, 6) is 0.873. The van der Waals surface area contributed by atoms with Gasteiger partial charge in [0.15, 0.2) is 0 Å². The number of ether oxygens (including phenoxy) is 1. The third-order valence-corrected chi connectivity index (χ3v) is 4.16. The predicted molar refractivity (Wildman–Crippen MR) is 89.3 cm³/mol. The van der Waals surface area contributed by atoms with Gasteiger partial charge in [-0.2, -0.15) is 0 Å². The number of hydrogen-bond donors (Lipinski definition) is 1. The Hall–Kier alpha value is -1.51. The fraction of sp³-hybridized carbons (Fsp3) is 0.333. The fourth-order valence-corrected chi connectivity index (χ4v) is 2.46. The van der Waals surface area contributed by atoms with Crippen LogP contribution in [0.25, 0.3) is 0 Å². The second-order valence-corrected chi connectivity index (χ2v) is 5.66. The van der Waals surface area contributed by atoms with Crippen molar-refractivity contribution in [1.29, 1.82) is 0 Å². The van der Waals surface area contributed by atoms with Crippen molar-refractivity contribution < 1.29 is 4.74 Å². The molecule has 112 valence electrons. The maximum Gasteiger partial charge on any atom is 0.120 e. The maximum atomic E-state index is 6.19. The topological polar surface area (TPSA) is 21.3 Å². The van der Waals surface area contributed by atoms with E-state index in [1.807, 2.05) is 33.0 Å². The zero-order valence-corrected chi connectivity index (χ0v) is 13.6. The number of aryl methyl sites for hydroxylation is 2.